The van der Waals surface area contributed by atoms with Crippen molar-refractivity contribution in [2.45, 2.75) is 89.0 Å². The molecule has 1 aliphatic carbocycles. The van der Waals surface area contributed by atoms with E-state index in [9.17, 15) is 13.2 Å². The molecule has 0 aromatic carbocycles. The van der Waals surface area contributed by atoms with Crippen LogP contribution in [0.25, 0.3) is 0 Å². The zero-order valence-electron chi connectivity index (χ0n) is 14.1. The Morgan fingerprint density at radius 2 is 1.73 bits per heavy atom. The van der Waals surface area contributed by atoms with Crippen LogP contribution < -0.4 is 10.5 Å². The number of primary sulfonamides is 1. The van der Waals surface area contributed by atoms with Crippen molar-refractivity contribution in [3.63, 3.8) is 0 Å². The van der Waals surface area contributed by atoms with Crippen molar-refractivity contribution in [1.29, 1.82) is 0 Å². The van der Waals surface area contributed by atoms with Gasteiger partial charge >= 0.3 is 6.09 Å². The van der Waals surface area contributed by atoms with Crippen LogP contribution in [0.15, 0.2) is 0 Å². The number of carbonyl (C=O) groups is 1. The van der Waals surface area contributed by atoms with Gasteiger partial charge in [-0.15, -0.1) is 0 Å². The van der Waals surface area contributed by atoms with Gasteiger partial charge in [-0.3, -0.25) is 0 Å². The Balaban J connectivity index is 2.66. The van der Waals surface area contributed by atoms with E-state index in [4.69, 9.17) is 9.88 Å². The molecule has 1 fully saturated rings. The molecular weight excluding hydrogens is 304 g/mol. The summed E-state index contributed by atoms with van der Waals surface area (Å²) < 4.78 is 28.4. The van der Waals surface area contributed by atoms with E-state index in [1.807, 2.05) is 27.7 Å². The van der Waals surface area contributed by atoms with Crippen molar-refractivity contribution in [2.75, 3.05) is 0 Å². The Hall–Kier alpha value is -0.820. The normalized spacial score (nSPS) is 28.1. The highest BCUT2D eigenvalue weighted by molar-refractivity contribution is 7.89. The molecule has 0 aliphatic heterocycles. The number of alkyl carbamates (subject to hydrolysis) is 1. The van der Waals surface area contributed by atoms with Crippen LogP contribution in [0.3, 0.4) is 0 Å². The average molecular weight is 334 g/mol. The predicted octanol–water partition coefficient (Wildman–Crippen LogP) is 2.67. The summed E-state index contributed by atoms with van der Waals surface area (Å²) in [6, 6.07) is 0. The van der Waals surface area contributed by atoms with E-state index >= 15 is 0 Å². The lowest BCUT2D eigenvalue weighted by molar-refractivity contribution is 0.0450. The van der Waals surface area contributed by atoms with Crippen LogP contribution in [-0.2, 0) is 14.8 Å². The first kappa shape index (κ1) is 19.2. The van der Waals surface area contributed by atoms with Crippen LogP contribution in [-0.4, -0.2) is 30.9 Å². The molecular formula is C15H30N2O4S. The maximum Gasteiger partial charge on any atom is 0.408 e. The minimum absolute atomic E-state index is 0.365. The van der Waals surface area contributed by atoms with Crippen molar-refractivity contribution in [1.82, 2.24) is 5.32 Å². The van der Waals surface area contributed by atoms with Crippen molar-refractivity contribution in [3.05, 3.63) is 0 Å². The third-order valence-electron chi connectivity index (χ3n) is 4.03. The van der Waals surface area contributed by atoms with Crippen molar-refractivity contribution in [2.24, 2.45) is 5.14 Å². The molecule has 0 bridgehead atoms. The summed E-state index contributed by atoms with van der Waals surface area (Å²) in [6.45, 7) is 7.48. The first-order valence-corrected chi connectivity index (χ1v) is 9.55. The smallest absolute Gasteiger partial charge is 0.408 e. The summed E-state index contributed by atoms with van der Waals surface area (Å²) >= 11 is 0. The Kier molecular flexibility index (Phi) is 6.27. The molecule has 22 heavy (non-hydrogen) atoms. The number of hydrogen-bond donors (Lipinski definition) is 2. The summed E-state index contributed by atoms with van der Waals surface area (Å²) in [5.41, 5.74) is -0.896. The van der Waals surface area contributed by atoms with Gasteiger partial charge in [0.25, 0.3) is 0 Å². The second kappa shape index (κ2) is 7.17. The molecule has 0 saturated heterocycles. The number of hydrogen-bond acceptors (Lipinski definition) is 4. The molecule has 0 heterocycles. The van der Waals surface area contributed by atoms with Crippen LogP contribution in [0.2, 0.25) is 0 Å². The largest absolute Gasteiger partial charge is 0.444 e. The van der Waals surface area contributed by atoms with Crippen molar-refractivity contribution in [3.8, 4) is 0 Å². The molecule has 130 valence electrons. The highest BCUT2D eigenvalue weighted by Crippen LogP contribution is 2.27. The van der Waals surface area contributed by atoms with E-state index in [0.717, 1.165) is 25.7 Å². The molecule has 0 radical (unpaired) electrons. The van der Waals surface area contributed by atoms with E-state index in [1.54, 1.807) is 0 Å². The summed E-state index contributed by atoms with van der Waals surface area (Å²) in [5.74, 6) is 0. The Labute approximate surface area is 134 Å². The SMILES string of the molecule is CC1(NC(=O)OC(C)(C)C)CCCCC(S(N)(=O)=O)CCC1. The number of rotatable bonds is 2. The Morgan fingerprint density at radius 3 is 2.27 bits per heavy atom. The zero-order valence-corrected chi connectivity index (χ0v) is 15.0. The van der Waals surface area contributed by atoms with Crippen LogP contribution >= 0.6 is 0 Å². The highest BCUT2D eigenvalue weighted by atomic mass is 32.2. The molecule has 2 unspecified atom stereocenters. The summed E-state index contributed by atoms with van der Waals surface area (Å²) in [7, 11) is -3.48. The second-order valence-corrected chi connectivity index (χ2v) is 9.38. The third-order valence-corrected chi connectivity index (χ3v) is 5.43. The average Bonchev–Trinajstić information content (AvgIpc) is 2.36. The molecule has 1 aliphatic rings. The van der Waals surface area contributed by atoms with Gasteiger partial charge in [0.15, 0.2) is 0 Å². The van der Waals surface area contributed by atoms with Crippen LogP contribution in [0, 0.1) is 0 Å². The first-order valence-electron chi connectivity index (χ1n) is 7.94. The zero-order chi connectivity index (χ0) is 17.0. The topological polar surface area (TPSA) is 98.5 Å². The molecule has 0 aromatic rings. The highest BCUT2D eigenvalue weighted by Gasteiger charge is 2.31. The third kappa shape index (κ3) is 6.96. The number of amides is 1. The standard InChI is InChI=1S/C15H30N2O4S/c1-14(2,3)21-13(18)17-15(4)10-6-5-8-12(9-7-11-15)22(16,19)20/h12H,5-11H2,1-4H3,(H,17,18)(H2,16,19,20). The quantitative estimate of drug-likeness (QED) is 0.811. The Bertz CT molecular complexity index is 484. The van der Waals surface area contributed by atoms with Crippen molar-refractivity contribution < 1.29 is 17.9 Å². The van der Waals surface area contributed by atoms with Gasteiger partial charge < -0.3 is 10.1 Å². The maximum absolute atomic E-state index is 12.0. The molecule has 0 spiro atoms. The van der Waals surface area contributed by atoms with Gasteiger partial charge in [-0.05, 0) is 59.8 Å². The molecule has 3 N–H and O–H groups in total. The second-order valence-electron chi connectivity index (χ2n) is 7.54. The van der Waals surface area contributed by atoms with Gasteiger partial charge in [0.05, 0.1) is 5.25 Å². The molecule has 1 rings (SSSR count). The number of nitrogens with two attached hydrogens (primary N) is 1. The molecule has 7 heteroatoms. The van der Waals surface area contributed by atoms with Crippen molar-refractivity contribution >= 4 is 16.1 Å². The van der Waals surface area contributed by atoms with Crippen LogP contribution in [0.1, 0.15) is 72.6 Å². The fourth-order valence-corrected chi connectivity index (χ4v) is 3.87. The lowest BCUT2D eigenvalue weighted by atomic mass is 9.90. The number of carbonyl (C=O) groups excluding carboxylic acids is 1. The number of nitrogens with one attached hydrogen (secondary N) is 1. The van der Waals surface area contributed by atoms with Crippen LogP contribution in [0.4, 0.5) is 4.79 Å². The van der Waals surface area contributed by atoms with E-state index in [1.165, 1.54) is 0 Å². The molecule has 1 saturated carbocycles. The fourth-order valence-electron chi connectivity index (χ4n) is 2.88. The van der Waals surface area contributed by atoms with Gasteiger partial charge in [0, 0.05) is 5.54 Å². The molecule has 2 atom stereocenters. The van der Waals surface area contributed by atoms with Gasteiger partial charge in [0.1, 0.15) is 5.60 Å². The lowest BCUT2D eigenvalue weighted by Gasteiger charge is -2.32. The van der Waals surface area contributed by atoms with E-state index in [-0.39, 0.29) is 5.54 Å². The van der Waals surface area contributed by atoms with E-state index in [0.29, 0.717) is 19.3 Å². The Morgan fingerprint density at radius 1 is 1.18 bits per heavy atom. The molecule has 6 nitrogen and oxygen atoms in total. The van der Waals surface area contributed by atoms with E-state index in [2.05, 4.69) is 5.32 Å². The minimum Gasteiger partial charge on any atom is -0.444 e. The fraction of sp³-hybridized carbons (Fsp3) is 0.933. The predicted molar refractivity (Wildman–Crippen MR) is 87.0 cm³/mol. The first-order chi connectivity index (χ1) is 9.91. The van der Waals surface area contributed by atoms with Gasteiger partial charge in [-0.1, -0.05) is 12.8 Å². The van der Waals surface area contributed by atoms with Gasteiger partial charge in [-0.2, -0.15) is 0 Å². The number of sulfonamides is 1. The van der Waals surface area contributed by atoms with Gasteiger partial charge in [-0.25, -0.2) is 18.4 Å². The summed E-state index contributed by atoms with van der Waals surface area (Å²) in [6.07, 6.45) is 4.63. The monoisotopic (exact) mass is 334 g/mol. The van der Waals surface area contributed by atoms with Crippen LogP contribution in [0.5, 0.6) is 0 Å². The lowest BCUT2D eigenvalue weighted by Crippen LogP contribution is -2.47. The van der Waals surface area contributed by atoms with Gasteiger partial charge in [0.2, 0.25) is 10.0 Å². The maximum atomic E-state index is 12.0. The minimum atomic E-state index is -3.48. The number of ether oxygens (including phenoxy) is 1. The molecule has 0 aromatic heterocycles. The van der Waals surface area contributed by atoms with E-state index < -0.39 is 27.0 Å². The summed E-state index contributed by atoms with van der Waals surface area (Å²) in [4.78, 5) is 12.0. The summed E-state index contributed by atoms with van der Waals surface area (Å²) in [5, 5.41) is 7.78. The molecule has 1 amide bonds.